The highest BCUT2D eigenvalue weighted by atomic mass is 19.1. The third-order valence-electron chi connectivity index (χ3n) is 2.83. The van der Waals surface area contributed by atoms with E-state index in [0.29, 0.717) is 5.56 Å². The highest BCUT2D eigenvalue weighted by Crippen LogP contribution is 2.46. The maximum Gasteiger partial charge on any atom is 0.208 e. The summed E-state index contributed by atoms with van der Waals surface area (Å²) in [6.45, 7) is 0. The third-order valence-corrected chi connectivity index (χ3v) is 2.83. The van der Waals surface area contributed by atoms with Gasteiger partial charge in [-0.15, -0.1) is 0 Å². The molecule has 0 unspecified atom stereocenters. The van der Waals surface area contributed by atoms with Gasteiger partial charge in [0, 0.05) is 17.7 Å². The Morgan fingerprint density at radius 1 is 1.31 bits per heavy atom. The quantitative estimate of drug-likeness (QED) is 0.736. The molecule has 2 nitrogen and oxygen atoms in total. The number of rotatable bonds is 1. The van der Waals surface area contributed by atoms with E-state index >= 15 is 0 Å². The highest BCUT2D eigenvalue weighted by Gasteiger charge is 2.32. The first kappa shape index (κ1) is 9.34. The van der Waals surface area contributed by atoms with Crippen molar-refractivity contribution in [2.75, 3.05) is 0 Å². The van der Waals surface area contributed by atoms with Gasteiger partial charge in [-0.2, -0.15) is 5.26 Å². The van der Waals surface area contributed by atoms with E-state index in [1.165, 1.54) is 0 Å². The lowest BCUT2D eigenvalue weighted by Crippen LogP contribution is -1.85. The minimum absolute atomic E-state index is 0.113. The fourth-order valence-corrected chi connectivity index (χ4v) is 2.01. The van der Waals surface area contributed by atoms with Crippen molar-refractivity contribution in [3.05, 3.63) is 35.1 Å². The molecule has 4 heteroatoms. The molecule has 0 atom stereocenters. The van der Waals surface area contributed by atoms with Crippen LogP contribution in [0, 0.1) is 23.0 Å². The Kier molecular flexibility index (Phi) is 1.78. The van der Waals surface area contributed by atoms with Crippen LogP contribution in [0.4, 0.5) is 8.78 Å². The lowest BCUT2D eigenvalue weighted by molar-refractivity contribution is 0.571. The standard InChI is InChI=1S/C12H7F2NO/c13-7-3-8(14)12-9(4-7)16-10(5-15)11(12)6-1-2-6/h3-4,6H,1-2H2. The molecule has 0 amide bonds. The van der Waals surface area contributed by atoms with Crippen LogP contribution >= 0.6 is 0 Å². The zero-order chi connectivity index (χ0) is 11.3. The van der Waals surface area contributed by atoms with Crippen molar-refractivity contribution in [3.8, 4) is 6.07 Å². The molecule has 1 fully saturated rings. The fraction of sp³-hybridized carbons (Fsp3) is 0.250. The average molecular weight is 219 g/mol. The van der Waals surface area contributed by atoms with Gasteiger partial charge in [-0.3, -0.25) is 0 Å². The molecule has 0 bridgehead atoms. The van der Waals surface area contributed by atoms with E-state index in [0.717, 1.165) is 25.0 Å². The second-order valence-corrected chi connectivity index (χ2v) is 3.99. The molecule has 2 aromatic rings. The van der Waals surface area contributed by atoms with Gasteiger partial charge in [-0.05, 0) is 18.8 Å². The highest BCUT2D eigenvalue weighted by molar-refractivity contribution is 5.85. The first-order chi connectivity index (χ1) is 7.70. The Bertz CT molecular complexity index is 620. The number of hydrogen-bond acceptors (Lipinski definition) is 2. The smallest absolute Gasteiger partial charge is 0.208 e. The Balaban J connectivity index is 2.40. The zero-order valence-corrected chi connectivity index (χ0v) is 8.26. The molecule has 1 aliphatic carbocycles. The molecule has 0 N–H and O–H groups in total. The number of halogens is 2. The molecular weight excluding hydrogens is 212 g/mol. The van der Waals surface area contributed by atoms with E-state index in [1.807, 2.05) is 6.07 Å². The Labute approximate surface area is 90.1 Å². The van der Waals surface area contributed by atoms with E-state index in [-0.39, 0.29) is 22.6 Å². The van der Waals surface area contributed by atoms with Crippen LogP contribution in [0.5, 0.6) is 0 Å². The van der Waals surface area contributed by atoms with Crippen LogP contribution < -0.4 is 0 Å². The van der Waals surface area contributed by atoms with Crippen LogP contribution in [-0.4, -0.2) is 0 Å². The second-order valence-electron chi connectivity index (χ2n) is 3.99. The number of benzene rings is 1. The molecule has 1 heterocycles. The average Bonchev–Trinajstić information content (AvgIpc) is 2.99. The summed E-state index contributed by atoms with van der Waals surface area (Å²) in [7, 11) is 0. The summed E-state index contributed by atoms with van der Waals surface area (Å²) in [5, 5.41) is 9.16. The van der Waals surface area contributed by atoms with Gasteiger partial charge in [0.05, 0.1) is 5.39 Å². The van der Waals surface area contributed by atoms with Crippen molar-refractivity contribution in [1.82, 2.24) is 0 Å². The van der Waals surface area contributed by atoms with Gasteiger partial charge in [0.2, 0.25) is 5.76 Å². The molecule has 0 saturated heterocycles. The number of nitrogens with zero attached hydrogens (tertiary/aromatic N) is 1. The van der Waals surface area contributed by atoms with Gasteiger partial charge in [-0.1, -0.05) is 0 Å². The lowest BCUT2D eigenvalue weighted by atomic mass is 10.1. The van der Waals surface area contributed by atoms with Crippen LogP contribution in [-0.2, 0) is 0 Å². The Hall–Kier alpha value is -1.89. The molecule has 16 heavy (non-hydrogen) atoms. The van der Waals surface area contributed by atoms with Gasteiger partial charge in [-0.25, -0.2) is 8.78 Å². The summed E-state index contributed by atoms with van der Waals surface area (Å²) in [5.74, 6) is -1.04. The Morgan fingerprint density at radius 2 is 2.06 bits per heavy atom. The van der Waals surface area contributed by atoms with Crippen LogP contribution in [0.2, 0.25) is 0 Å². The number of hydrogen-bond donors (Lipinski definition) is 0. The van der Waals surface area contributed by atoms with E-state index in [2.05, 4.69) is 0 Å². The van der Waals surface area contributed by atoms with Gasteiger partial charge in [0.25, 0.3) is 0 Å². The summed E-state index contributed by atoms with van der Waals surface area (Å²) in [4.78, 5) is 0. The van der Waals surface area contributed by atoms with Crippen molar-refractivity contribution < 1.29 is 13.2 Å². The summed E-state index contributed by atoms with van der Waals surface area (Å²) < 4.78 is 31.8. The number of nitriles is 1. The van der Waals surface area contributed by atoms with Crippen molar-refractivity contribution in [2.45, 2.75) is 18.8 Å². The molecule has 80 valence electrons. The largest absolute Gasteiger partial charge is 0.445 e. The first-order valence-electron chi connectivity index (χ1n) is 5.02. The molecule has 3 rings (SSSR count). The summed E-state index contributed by atoms with van der Waals surface area (Å²) in [6, 6.07) is 3.84. The van der Waals surface area contributed by atoms with Gasteiger partial charge >= 0.3 is 0 Å². The second kappa shape index (κ2) is 3.05. The lowest BCUT2D eigenvalue weighted by Gasteiger charge is -1.96. The van der Waals surface area contributed by atoms with Crippen LogP contribution in [0.15, 0.2) is 16.5 Å². The third kappa shape index (κ3) is 1.21. The topological polar surface area (TPSA) is 36.9 Å². The van der Waals surface area contributed by atoms with E-state index in [1.54, 1.807) is 0 Å². The van der Waals surface area contributed by atoms with E-state index in [4.69, 9.17) is 9.68 Å². The van der Waals surface area contributed by atoms with Crippen LogP contribution in [0.3, 0.4) is 0 Å². The number of furan rings is 1. The predicted molar refractivity (Wildman–Crippen MR) is 52.8 cm³/mol. The van der Waals surface area contributed by atoms with Gasteiger partial charge in [0.15, 0.2) is 0 Å². The predicted octanol–water partition coefficient (Wildman–Crippen LogP) is 3.46. The Morgan fingerprint density at radius 3 is 2.69 bits per heavy atom. The monoisotopic (exact) mass is 219 g/mol. The fourth-order valence-electron chi connectivity index (χ4n) is 2.01. The summed E-state index contributed by atoms with van der Waals surface area (Å²) >= 11 is 0. The van der Waals surface area contributed by atoms with E-state index < -0.39 is 11.6 Å². The maximum absolute atomic E-state index is 13.6. The van der Waals surface area contributed by atoms with Crippen molar-refractivity contribution in [1.29, 1.82) is 5.26 Å². The van der Waals surface area contributed by atoms with Gasteiger partial charge in [0.1, 0.15) is 23.3 Å². The van der Waals surface area contributed by atoms with E-state index in [9.17, 15) is 8.78 Å². The maximum atomic E-state index is 13.6. The molecule has 1 saturated carbocycles. The number of fused-ring (bicyclic) bond motifs is 1. The van der Waals surface area contributed by atoms with Crippen LogP contribution in [0.25, 0.3) is 11.0 Å². The summed E-state index contributed by atoms with van der Waals surface area (Å²) in [6.07, 6.45) is 1.86. The molecule has 1 aromatic heterocycles. The van der Waals surface area contributed by atoms with Crippen LogP contribution in [0.1, 0.15) is 30.1 Å². The zero-order valence-electron chi connectivity index (χ0n) is 8.26. The van der Waals surface area contributed by atoms with Crippen molar-refractivity contribution in [3.63, 3.8) is 0 Å². The molecular formula is C12H7F2NO. The molecule has 1 aromatic carbocycles. The normalized spacial score (nSPS) is 15.3. The minimum atomic E-state index is -0.689. The van der Waals surface area contributed by atoms with Crippen molar-refractivity contribution >= 4 is 11.0 Å². The van der Waals surface area contributed by atoms with Gasteiger partial charge < -0.3 is 4.42 Å². The minimum Gasteiger partial charge on any atom is -0.445 e. The molecule has 0 spiro atoms. The molecule has 0 radical (unpaired) electrons. The van der Waals surface area contributed by atoms with Crippen molar-refractivity contribution in [2.24, 2.45) is 0 Å². The first-order valence-corrected chi connectivity index (χ1v) is 5.02. The molecule has 0 aliphatic heterocycles. The molecule has 1 aliphatic rings. The SMILES string of the molecule is N#Cc1oc2cc(F)cc(F)c2c1C1CC1. The summed E-state index contributed by atoms with van der Waals surface area (Å²) in [5.41, 5.74) is 0.728.